The molecule has 0 aliphatic carbocycles. The number of hydrogen-bond donors (Lipinski definition) is 0. The van der Waals surface area contributed by atoms with Crippen molar-refractivity contribution in [2.45, 2.75) is 0 Å². The van der Waals surface area contributed by atoms with E-state index in [-0.39, 0.29) is 0 Å². The lowest BCUT2D eigenvalue weighted by molar-refractivity contribution is 0.884. The van der Waals surface area contributed by atoms with Gasteiger partial charge in [0.1, 0.15) is 0 Å². The van der Waals surface area contributed by atoms with Gasteiger partial charge < -0.3 is 0 Å². The first-order valence-electron chi connectivity index (χ1n) is 8.86. The number of benzene rings is 3. The van der Waals surface area contributed by atoms with Crippen LogP contribution in [0.2, 0.25) is 0 Å². The molecular weight excluding hydrogens is 330 g/mol. The van der Waals surface area contributed by atoms with E-state index in [1.54, 1.807) is 0 Å². The van der Waals surface area contributed by atoms with Crippen LogP contribution in [0.4, 0.5) is 0 Å². The number of nitrogens with zero attached hydrogens (tertiary/aromatic N) is 3. The average molecular weight is 349 g/mol. The SMILES string of the molecule is c1ccc(-c2ccn(-c3ccccc3)n2)cc1.c1ccc2ncccc2c1. The smallest absolute Gasteiger partial charge is 0.0927 e. The molecule has 0 radical (unpaired) electrons. The minimum Gasteiger partial charge on any atom is -0.256 e. The highest BCUT2D eigenvalue weighted by Crippen LogP contribution is 2.17. The Hall–Kier alpha value is -3.72. The van der Waals surface area contributed by atoms with E-state index >= 15 is 0 Å². The van der Waals surface area contributed by atoms with Crippen molar-refractivity contribution in [3.05, 3.63) is 116 Å². The van der Waals surface area contributed by atoms with Crippen molar-refractivity contribution in [2.75, 3.05) is 0 Å². The van der Waals surface area contributed by atoms with Gasteiger partial charge in [-0.25, -0.2) is 4.68 Å². The highest BCUT2D eigenvalue weighted by molar-refractivity contribution is 5.77. The van der Waals surface area contributed by atoms with Crippen LogP contribution in [-0.2, 0) is 0 Å². The fourth-order valence-corrected chi connectivity index (χ4v) is 2.83. The minimum absolute atomic E-state index is 0.995. The van der Waals surface area contributed by atoms with E-state index < -0.39 is 0 Å². The van der Waals surface area contributed by atoms with Crippen LogP contribution in [-0.4, -0.2) is 14.8 Å². The number of rotatable bonds is 2. The summed E-state index contributed by atoms with van der Waals surface area (Å²) in [5.74, 6) is 0. The van der Waals surface area contributed by atoms with Gasteiger partial charge in [0.15, 0.2) is 0 Å². The molecule has 0 unspecified atom stereocenters. The molecule has 0 saturated heterocycles. The molecule has 0 aliphatic rings. The maximum absolute atomic E-state index is 4.57. The summed E-state index contributed by atoms with van der Waals surface area (Å²) in [5, 5.41) is 5.77. The Morgan fingerprint density at radius 1 is 0.593 bits per heavy atom. The van der Waals surface area contributed by atoms with Gasteiger partial charge >= 0.3 is 0 Å². The maximum Gasteiger partial charge on any atom is 0.0927 e. The Morgan fingerprint density at radius 3 is 2.04 bits per heavy atom. The van der Waals surface area contributed by atoms with Crippen LogP contribution in [0.25, 0.3) is 27.8 Å². The molecule has 0 amide bonds. The highest BCUT2D eigenvalue weighted by atomic mass is 15.3. The second-order valence-corrected chi connectivity index (χ2v) is 6.04. The minimum atomic E-state index is 0.995. The summed E-state index contributed by atoms with van der Waals surface area (Å²) in [6.45, 7) is 0. The van der Waals surface area contributed by atoms with E-state index in [0.29, 0.717) is 0 Å². The first-order valence-corrected chi connectivity index (χ1v) is 8.86. The molecule has 0 spiro atoms. The van der Waals surface area contributed by atoms with Gasteiger partial charge in [0.2, 0.25) is 0 Å². The Labute approximate surface area is 158 Å². The molecule has 5 aromatic rings. The van der Waals surface area contributed by atoms with Crippen LogP contribution in [0.1, 0.15) is 0 Å². The third kappa shape index (κ3) is 4.10. The summed E-state index contributed by atoms with van der Waals surface area (Å²) in [6.07, 6.45) is 3.79. The standard InChI is InChI=1S/C15H12N2.C9H7N/c1-3-7-13(8-4-1)15-11-12-17(16-15)14-9-5-2-6-10-14;1-2-6-9-8(4-1)5-3-7-10-9/h1-12H;1-7H. The van der Waals surface area contributed by atoms with Crippen molar-refractivity contribution in [1.29, 1.82) is 0 Å². The summed E-state index contributed by atoms with van der Waals surface area (Å²) in [5.41, 5.74) is 4.27. The number of fused-ring (bicyclic) bond motifs is 1. The van der Waals surface area contributed by atoms with E-state index in [1.807, 2.05) is 95.9 Å². The van der Waals surface area contributed by atoms with E-state index in [2.05, 4.69) is 34.3 Å². The molecule has 3 nitrogen and oxygen atoms in total. The van der Waals surface area contributed by atoms with Crippen molar-refractivity contribution < 1.29 is 0 Å². The first kappa shape index (κ1) is 16.7. The largest absolute Gasteiger partial charge is 0.256 e. The quantitative estimate of drug-likeness (QED) is 0.405. The highest BCUT2D eigenvalue weighted by Gasteiger charge is 2.02. The predicted molar refractivity (Wildman–Crippen MR) is 111 cm³/mol. The molecular formula is C24H19N3. The van der Waals surface area contributed by atoms with Crippen molar-refractivity contribution in [3.63, 3.8) is 0 Å². The molecule has 3 heteroatoms. The third-order valence-electron chi connectivity index (χ3n) is 4.19. The summed E-state index contributed by atoms with van der Waals surface area (Å²) < 4.78 is 1.89. The Bertz CT molecular complexity index is 996. The molecule has 0 aliphatic heterocycles. The van der Waals surface area contributed by atoms with Gasteiger partial charge in [-0.05, 0) is 30.3 Å². The Morgan fingerprint density at radius 2 is 1.26 bits per heavy atom. The second-order valence-electron chi connectivity index (χ2n) is 6.04. The third-order valence-corrected chi connectivity index (χ3v) is 4.19. The lowest BCUT2D eigenvalue weighted by Gasteiger charge is -2.00. The maximum atomic E-state index is 4.57. The molecule has 3 aromatic carbocycles. The van der Waals surface area contributed by atoms with Crippen molar-refractivity contribution in [1.82, 2.24) is 14.8 Å². The van der Waals surface area contributed by atoms with Crippen LogP contribution in [0, 0.1) is 0 Å². The van der Waals surface area contributed by atoms with Crippen LogP contribution < -0.4 is 0 Å². The van der Waals surface area contributed by atoms with Gasteiger partial charge in [-0.15, -0.1) is 0 Å². The lowest BCUT2D eigenvalue weighted by Crippen LogP contribution is -1.93. The fourth-order valence-electron chi connectivity index (χ4n) is 2.83. The average Bonchev–Trinajstić information content (AvgIpc) is 3.26. The Kier molecular flexibility index (Phi) is 5.02. The molecule has 0 atom stereocenters. The number of aromatic nitrogens is 3. The van der Waals surface area contributed by atoms with Gasteiger partial charge in [0.05, 0.1) is 16.9 Å². The van der Waals surface area contributed by atoms with Crippen LogP contribution in [0.5, 0.6) is 0 Å². The van der Waals surface area contributed by atoms with Gasteiger partial charge in [0, 0.05) is 23.3 Å². The summed E-state index contributed by atoms with van der Waals surface area (Å²) in [7, 11) is 0. The lowest BCUT2D eigenvalue weighted by atomic mass is 10.2. The summed E-state index contributed by atoms with van der Waals surface area (Å²) in [4.78, 5) is 4.18. The van der Waals surface area contributed by atoms with Gasteiger partial charge in [-0.1, -0.05) is 72.8 Å². The van der Waals surface area contributed by atoms with E-state index in [4.69, 9.17) is 0 Å². The second kappa shape index (κ2) is 8.11. The zero-order chi connectivity index (χ0) is 18.3. The molecule has 0 bridgehead atoms. The van der Waals surface area contributed by atoms with E-state index in [9.17, 15) is 0 Å². The normalized spacial score (nSPS) is 10.2. The fraction of sp³-hybridized carbons (Fsp3) is 0. The zero-order valence-corrected chi connectivity index (χ0v) is 14.8. The molecule has 27 heavy (non-hydrogen) atoms. The molecule has 130 valence electrons. The molecule has 2 aromatic heterocycles. The molecule has 5 rings (SSSR count). The van der Waals surface area contributed by atoms with Crippen LogP contribution in [0.15, 0.2) is 116 Å². The number of hydrogen-bond acceptors (Lipinski definition) is 2. The predicted octanol–water partition coefficient (Wildman–Crippen LogP) is 5.77. The first-order chi connectivity index (χ1) is 13.4. The number of para-hydroxylation sites is 2. The molecule has 0 N–H and O–H groups in total. The molecule has 0 fully saturated rings. The zero-order valence-electron chi connectivity index (χ0n) is 14.8. The van der Waals surface area contributed by atoms with E-state index in [0.717, 1.165) is 22.5 Å². The Balaban J connectivity index is 0.000000153. The molecule has 0 saturated carbocycles. The van der Waals surface area contributed by atoms with Crippen molar-refractivity contribution in [2.24, 2.45) is 0 Å². The topological polar surface area (TPSA) is 30.7 Å². The van der Waals surface area contributed by atoms with Gasteiger partial charge in [-0.2, -0.15) is 5.10 Å². The number of pyridine rings is 1. The van der Waals surface area contributed by atoms with Gasteiger partial charge in [-0.3, -0.25) is 4.98 Å². The van der Waals surface area contributed by atoms with Crippen LogP contribution >= 0.6 is 0 Å². The van der Waals surface area contributed by atoms with Crippen molar-refractivity contribution >= 4 is 10.9 Å². The van der Waals surface area contributed by atoms with Gasteiger partial charge in [0.25, 0.3) is 0 Å². The van der Waals surface area contributed by atoms with Crippen molar-refractivity contribution in [3.8, 4) is 16.9 Å². The van der Waals surface area contributed by atoms with E-state index in [1.165, 1.54) is 5.39 Å². The molecule has 2 heterocycles. The van der Waals surface area contributed by atoms with Crippen LogP contribution in [0.3, 0.4) is 0 Å². The summed E-state index contributed by atoms with van der Waals surface area (Å²) in [6, 6.07) is 34.4. The monoisotopic (exact) mass is 349 g/mol. The summed E-state index contributed by atoms with van der Waals surface area (Å²) >= 11 is 0.